The summed E-state index contributed by atoms with van der Waals surface area (Å²) in [6, 6.07) is 6.79. The molecule has 0 aromatic heterocycles. The summed E-state index contributed by atoms with van der Waals surface area (Å²) in [5.74, 6) is 1.02. The van der Waals surface area contributed by atoms with Crippen LogP contribution in [0.3, 0.4) is 0 Å². The molecule has 0 heterocycles. The fraction of sp³-hybridized carbons (Fsp3) is 0.500. The van der Waals surface area contributed by atoms with Crippen molar-refractivity contribution >= 4 is 0 Å². The van der Waals surface area contributed by atoms with Crippen molar-refractivity contribution in [2.45, 2.75) is 47.2 Å². The number of ether oxygens (including phenoxy) is 1. The quantitative estimate of drug-likeness (QED) is 0.771. The second kappa shape index (κ2) is 7.22. The van der Waals surface area contributed by atoms with Gasteiger partial charge >= 0.3 is 0 Å². The molecule has 1 aromatic rings. The fourth-order valence-electron chi connectivity index (χ4n) is 1.66. The van der Waals surface area contributed by atoms with Crippen molar-refractivity contribution in [3.05, 3.63) is 41.0 Å². The molecule has 0 unspecified atom stereocenters. The second-order valence-corrected chi connectivity index (χ2v) is 5.19. The molecule has 0 aliphatic carbocycles. The molecular formula is C16H25NO. The lowest BCUT2D eigenvalue weighted by Crippen LogP contribution is -2.22. The van der Waals surface area contributed by atoms with Crippen molar-refractivity contribution in [1.82, 2.24) is 5.32 Å². The molecule has 0 aliphatic heterocycles. The average Bonchev–Trinajstić information content (AvgIpc) is 2.28. The topological polar surface area (TPSA) is 21.3 Å². The molecule has 0 saturated heterocycles. The van der Waals surface area contributed by atoms with Gasteiger partial charge in [-0.2, -0.15) is 0 Å². The van der Waals surface area contributed by atoms with Crippen molar-refractivity contribution < 1.29 is 4.74 Å². The highest BCUT2D eigenvalue weighted by Gasteiger charge is 2.06. The number of rotatable bonds is 6. The minimum Gasteiger partial charge on any atom is -0.489 e. The van der Waals surface area contributed by atoms with Crippen LogP contribution in [0.1, 0.15) is 38.8 Å². The van der Waals surface area contributed by atoms with Crippen LogP contribution in [0.4, 0.5) is 0 Å². The third-order valence-electron chi connectivity index (χ3n) is 2.71. The minimum atomic E-state index is 0.483. The van der Waals surface area contributed by atoms with Crippen LogP contribution in [-0.4, -0.2) is 12.6 Å². The molecule has 0 radical (unpaired) electrons. The third kappa shape index (κ3) is 4.92. The van der Waals surface area contributed by atoms with Gasteiger partial charge in [-0.15, -0.1) is 0 Å². The van der Waals surface area contributed by atoms with Gasteiger partial charge in [0.2, 0.25) is 0 Å². The Kier molecular flexibility index (Phi) is 5.93. The molecule has 2 heteroatoms. The third-order valence-corrected chi connectivity index (χ3v) is 2.71. The van der Waals surface area contributed by atoms with Crippen molar-refractivity contribution in [1.29, 1.82) is 0 Å². The first-order valence-corrected chi connectivity index (χ1v) is 6.58. The molecule has 0 saturated carbocycles. The average molecular weight is 247 g/mol. The number of hydrogen-bond acceptors (Lipinski definition) is 2. The SMILES string of the molecule is CC(C)=CCOc1c(C)cccc1CNC(C)C. The largest absolute Gasteiger partial charge is 0.489 e. The number of para-hydroxylation sites is 1. The van der Waals surface area contributed by atoms with Crippen LogP contribution in [0.2, 0.25) is 0 Å². The Labute approximate surface area is 111 Å². The summed E-state index contributed by atoms with van der Waals surface area (Å²) < 4.78 is 5.89. The van der Waals surface area contributed by atoms with Gasteiger partial charge in [0.15, 0.2) is 0 Å². The van der Waals surface area contributed by atoms with E-state index in [4.69, 9.17) is 4.74 Å². The predicted molar refractivity (Wildman–Crippen MR) is 78.1 cm³/mol. The van der Waals surface area contributed by atoms with Crippen LogP contribution in [0.15, 0.2) is 29.8 Å². The summed E-state index contributed by atoms with van der Waals surface area (Å²) in [5, 5.41) is 3.43. The van der Waals surface area contributed by atoms with E-state index in [0.717, 1.165) is 12.3 Å². The van der Waals surface area contributed by atoms with E-state index in [-0.39, 0.29) is 0 Å². The molecule has 0 bridgehead atoms. The van der Waals surface area contributed by atoms with E-state index in [9.17, 15) is 0 Å². The molecule has 1 N–H and O–H groups in total. The highest BCUT2D eigenvalue weighted by molar-refractivity contribution is 5.40. The van der Waals surface area contributed by atoms with E-state index in [1.165, 1.54) is 16.7 Å². The summed E-state index contributed by atoms with van der Waals surface area (Å²) in [6.07, 6.45) is 2.10. The maximum absolute atomic E-state index is 5.89. The highest BCUT2D eigenvalue weighted by atomic mass is 16.5. The zero-order valence-electron chi connectivity index (χ0n) is 12.2. The van der Waals surface area contributed by atoms with Crippen LogP contribution in [0, 0.1) is 6.92 Å². The molecule has 1 rings (SSSR count). The first-order valence-electron chi connectivity index (χ1n) is 6.58. The summed E-state index contributed by atoms with van der Waals surface area (Å²) in [5.41, 5.74) is 3.71. The zero-order chi connectivity index (χ0) is 13.5. The fourth-order valence-corrected chi connectivity index (χ4v) is 1.66. The molecule has 0 aliphatic rings. The minimum absolute atomic E-state index is 0.483. The molecule has 0 atom stereocenters. The Hall–Kier alpha value is -1.28. The van der Waals surface area contributed by atoms with Crippen LogP contribution in [0.5, 0.6) is 5.75 Å². The monoisotopic (exact) mass is 247 g/mol. The number of hydrogen-bond donors (Lipinski definition) is 1. The van der Waals surface area contributed by atoms with Gasteiger partial charge in [0, 0.05) is 18.2 Å². The predicted octanol–water partition coefficient (Wildman–Crippen LogP) is 3.84. The number of allylic oxidation sites excluding steroid dienone is 1. The Morgan fingerprint density at radius 2 is 2.06 bits per heavy atom. The Balaban J connectivity index is 2.77. The van der Waals surface area contributed by atoms with Gasteiger partial charge < -0.3 is 10.1 Å². The normalized spacial score (nSPS) is 10.6. The smallest absolute Gasteiger partial charge is 0.127 e. The second-order valence-electron chi connectivity index (χ2n) is 5.19. The van der Waals surface area contributed by atoms with Crippen molar-refractivity contribution in [3.8, 4) is 5.75 Å². The molecule has 100 valence electrons. The van der Waals surface area contributed by atoms with Gasteiger partial charge in [-0.1, -0.05) is 37.6 Å². The van der Waals surface area contributed by atoms with Crippen LogP contribution in [-0.2, 0) is 6.54 Å². The first-order chi connectivity index (χ1) is 8.50. The van der Waals surface area contributed by atoms with Crippen LogP contribution >= 0.6 is 0 Å². The van der Waals surface area contributed by atoms with E-state index >= 15 is 0 Å². The van der Waals surface area contributed by atoms with Gasteiger partial charge in [0.1, 0.15) is 12.4 Å². The lowest BCUT2D eigenvalue weighted by atomic mass is 10.1. The molecular weight excluding hydrogens is 222 g/mol. The van der Waals surface area contributed by atoms with Crippen molar-refractivity contribution in [2.75, 3.05) is 6.61 Å². The number of aryl methyl sites for hydroxylation is 1. The molecule has 18 heavy (non-hydrogen) atoms. The molecule has 0 spiro atoms. The van der Waals surface area contributed by atoms with Gasteiger partial charge in [0.05, 0.1) is 0 Å². The van der Waals surface area contributed by atoms with Gasteiger partial charge in [-0.25, -0.2) is 0 Å². The summed E-state index contributed by atoms with van der Waals surface area (Å²) >= 11 is 0. The Morgan fingerprint density at radius 1 is 1.33 bits per heavy atom. The number of nitrogens with one attached hydrogen (secondary N) is 1. The highest BCUT2D eigenvalue weighted by Crippen LogP contribution is 2.23. The first kappa shape index (κ1) is 14.8. The number of benzene rings is 1. The van der Waals surface area contributed by atoms with E-state index in [0.29, 0.717) is 12.6 Å². The lowest BCUT2D eigenvalue weighted by Gasteiger charge is -2.15. The lowest BCUT2D eigenvalue weighted by molar-refractivity contribution is 0.353. The van der Waals surface area contributed by atoms with Gasteiger partial charge in [-0.3, -0.25) is 0 Å². The van der Waals surface area contributed by atoms with Crippen molar-refractivity contribution in [2.24, 2.45) is 0 Å². The molecule has 0 amide bonds. The van der Waals surface area contributed by atoms with Gasteiger partial charge in [0.25, 0.3) is 0 Å². The summed E-state index contributed by atoms with van der Waals surface area (Å²) in [7, 11) is 0. The maximum Gasteiger partial charge on any atom is 0.127 e. The summed E-state index contributed by atoms with van der Waals surface area (Å²) in [4.78, 5) is 0. The van der Waals surface area contributed by atoms with Crippen LogP contribution < -0.4 is 10.1 Å². The Morgan fingerprint density at radius 3 is 2.67 bits per heavy atom. The summed E-state index contributed by atoms with van der Waals surface area (Å²) in [6.45, 7) is 12.1. The molecule has 0 fully saturated rings. The van der Waals surface area contributed by atoms with Crippen LogP contribution in [0.25, 0.3) is 0 Å². The van der Waals surface area contributed by atoms with E-state index in [2.05, 4.69) is 64.2 Å². The van der Waals surface area contributed by atoms with E-state index < -0.39 is 0 Å². The maximum atomic E-state index is 5.89. The van der Waals surface area contributed by atoms with Gasteiger partial charge in [-0.05, 0) is 32.4 Å². The van der Waals surface area contributed by atoms with E-state index in [1.807, 2.05) is 0 Å². The van der Waals surface area contributed by atoms with Crippen molar-refractivity contribution in [3.63, 3.8) is 0 Å². The standard InChI is InChI=1S/C16H25NO/c1-12(2)9-10-18-16-14(5)7-6-8-15(16)11-17-13(3)4/h6-9,13,17H,10-11H2,1-5H3. The zero-order valence-corrected chi connectivity index (χ0v) is 12.2. The van der Waals surface area contributed by atoms with E-state index in [1.54, 1.807) is 0 Å². The molecule has 2 nitrogen and oxygen atoms in total. The molecule has 1 aromatic carbocycles. The Bertz CT molecular complexity index is 404.